The van der Waals surface area contributed by atoms with Crippen LogP contribution in [0.4, 0.5) is 0 Å². The van der Waals surface area contributed by atoms with Crippen molar-refractivity contribution in [2.45, 2.75) is 64.2 Å². The summed E-state index contributed by atoms with van der Waals surface area (Å²) in [6.45, 7) is 0.312. The minimum atomic E-state index is -4.11. The monoisotopic (exact) mass is 404 g/mol. The van der Waals surface area contributed by atoms with Crippen molar-refractivity contribution >= 4 is 17.7 Å². The Labute approximate surface area is 170 Å². The van der Waals surface area contributed by atoms with Gasteiger partial charge in [-0.25, -0.2) is 0 Å². The van der Waals surface area contributed by atoms with E-state index in [2.05, 4.69) is 0 Å². The van der Waals surface area contributed by atoms with Gasteiger partial charge in [0.15, 0.2) is 0 Å². The van der Waals surface area contributed by atoms with Gasteiger partial charge in [0.25, 0.3) is 0 Å². The molecule has 4 heteroatoms. The molecule has 0 amide bonds. The second-order valence-corrected chi connectivity index (χ2v) is 11.7. The second-order valence-electron chi connectivity index (χ2n) is 7.85. The van der Waals surface area contributed by atoms with Crippen molar-refractivity contribution in [3.05, 3.63) is 60.7 Å². The van der Waals surface area contributed by atoms with Gasteiger partial charge in [0, 0.05) is 0 Å². The van der Waals surface area contributed by atoms with Crippen molar-refractivity contribution in [2.75, 3.05) is 12.8 Å². The van der Waals surface area contributed by atoms with Gasteiger partial charge in [-0.1, -0.05) is 0 Å². The van der Waals surface area contributed by atoms with E-state index in [1.54, 1.807) is 0 Å². The molecule has 0 atom stereocenters. The SMILES string of the molecule is OCCCCCCCCCCCCP(O)(O)(c1ccccc1)c1ccccc1. The first-order chi connectivity index (χ1) is 13.6. The molecule has 0 aliphatic carbocycles. The van der Waals surface area contributed by atoms with E-state index < -0.39 is 7.06 Å². The molecule has 3 nitrogen and oxygen atoms in total. The van der Waals surface area contributed by atoms with Gasteiger partial charge in [0.05, 0.1) is 0 Å². The molecule has 0 radical (unpaired) electrons. The fraction of sp³-hybridized carbons (Fsp3) is 0.500. The molecule has 0 spiro atoms. The molecule has 0 saturated carbocycles. The molecule has 0 unspecified atom stereocenters. The van der Waals surface area contributed by atoms with Crippen LogP contribution < -0.4 is 10.6 Å². The first kappa shape index (κ1) is 23.0. The van der Waals surface area contributed by atoms with Crippen molar-refractivity contribution in [2.24, 2.45) is 0 Å². The molecule has 2 rings (SSSR count). The first-order valence-electron chi connectivity index (χ1n) is 10.8. The molecule has 0 saturated heterocycles. The summed E-state index contributed by atoms with van der Waals surface area (Å²) in [6, 6.07) is 18.7. The standard InChI is InChI=1S/C24H37O3P/c25-21-15-7-5-3-1-2-4-6-8-16-22-28(26,27,23-17-11-9-12-18-23)24-19-13-10-14-20-24/h9-14,17-20,25-27H,1-8,15-16,21-22H2. The van der Waals surface area contributed by atoms with Gasteiger partial charge in [-0.15, -0.1) is 0 Å². The van der Waals surface area contributed by atoms with E-state index in [1.807, 2.05) is 60.7 Å². The van der Waals surface area contributed by atoms with Crippen LogP contribution in [0.25, 0.3) is 0 Å². The number of aliphatic hydroxyl groups is 1. The Morgan fingerprint density at radius 2 is 0.857 bits per heavy atom. The molecule has 0 aliphatic heterocycles. The Hall–Kier alpha value is -1.25. The van der Waals surface area contributed by atoms with Crippen LogP contribution in [-0.2, 0) is 0 Å². The molecule has 0 aromatic heterocycles. The summed E-state index contributed by atoms with van der Waals surface area (Å²) in [6.07, 6.45) is 11.7. The molecule has 0 heterocycles. The van der Waals surface area contributed by atoms with E-state index >= 15 is 0 Å². The second kappa shape index (κ2) is 11.7. The predicted molar refractivity (Wildman–Crippen MR) is 122 cm³/mol. The fourth-order valence-corrected chi connectivity index (χ4v) is 7.06. The summed E-state index contributed by atoms with van der Waals surface area (Å²) in [5, 5.41) is 10.1. The average Bonchev–Trinajstić information content (AvgIpc) is 2.73. The van der Waals surface area contributed by atoms with Crippen LogP contribution in [0, 0.1) is 0 Å². The topological polar surface area (TPSA) is 60.7 Å². The normalized spacial score (nSPS) is 13.2. The fourth-order valence-electron chi connectivity index (χ4n) is 3.83. The van der Waals surface area contributed by atoms with Crippen LogP contribution in [0.2, 0.25) is 0 Å². The van der Waals surface area contributed by atoms with Gasteiger partial charge in [-0.2, -0.15) is 0 Å². The van der Waals surface area contributed by atoms with Crippen LogP contribution in [0.15, 0.2) is 60.7 Å². The summed E-state index contributed by atoms with van der Waals surface area (Å²) < 4.78 is 0. The van der Waals surface area contributed by atoms with Crippen LogP contribution in [0.1, 0.15) is 64.2 Å². The summed E-state index contributed by atoms with van der Waals surface area (Å²) in [5.74, 6) is 0. The maximum atomic E-state index is 11.6. The quantitative estimate of drug-likeness (QED) is 0.310. The van der Waals surface area contributed by atoms with E-state index in [0.717, 1.165) is 32.1 Å². The maximum absolute atomic E-state index is 11.6. The summed E-state index contributed by atoms with van der Waals surface area (Å²) >= 11 is 0. The van der Waals surface area contributed by atoms with Crippen molar-refractivity contribution in [3.63, 3.8) is 0 Å². The van der Waals surface area contributed by atoms with E-state index in [-0.39, 0.29) is 0 Å². The number of benzene rings is 2. The molecule has 28 heavy (non-hydrogen) atoms. The number of hydrogen-bond donors (Lipinski definition) is 3. The summed E-state index contributed by atoms with van der Waals surface area (Å²) in [5.41, 5.74) is 0. The number of unbranched alkanes of at least 4 members (excludes halogenated alkanes) is 9. The molecule has 0 aliphatic rings. The Morgan fingerprint density at radius 3 is 1.25 bits per heavy atom. The molecular weight excluding hydrogens is 367 g/mol. The number of rotatable bonds is 14. The zero-order valence-electron chi connectivity index (χ0n) is 17.0. The third-order valence-corrected chi connectivity index (χ3v) is 9.52. The van der Waals surface area contributed by atoms with E-state index in [1.165, 1.54) is 32.1 Å². The van der Waals surface area contributed by atoms with Gasteiger partial charge >= 0.3 is 165 Å². The van der Waals surface area contributed by atoms with Crippen molar-refractivity contribution in [1.29, 1.82) is 0 Å². The zero-order valence-corrected chi connectivity index (χ0v) is 17.9. The van der Waals surface area contributed by atoms with E-state index in [0.29, 0.717) is 23.4 Å². The van der Waals surface area contributed by atoms with E-state index in [4.69, 9.17) is 5.11 Å². The van der Waals surface area contributed by atoms with Gasteiger partial charge in [-0.05, 0) is 0 Å². The summed E-state index contributed by atoms with van der Waals surface area (Å²) in [4.78, 5) is 23.3. The van der Waals surface area contributed by atoms with Crippen LogP contribution in [0.5, 0.6) is 0 Å². The molecule has 0 bridgehead atoms. The molecule has 156 valence electrons. The third kappa shape index (κ3) is 6.67. The van der Waals surface area contributed by atoms with E-state index in [9.17, 15) is 9.79 Å². The van der Waals surface area contributed by atoms with Crippen LogP contribution in [-0.4, -0.2) is 27.7 Å². The van der Waals surface area contributed by atoms with Crippen molar-refractivity contribution in [3.8, 4) is 0 Å². The molecule has 2 aromatic carbocycles. The zero-order chi connectivity index (χ0) is 20.2. The van der Waals surface area contributed by atoms with Gasteiger partial charge in [0.1, 0.15) is 0 Å². The third-order valence-electron chi connectivity index (χ3n) is 5.59. The summed E-state index contributed by atoms with van der Waals surface area (Å²) in [7, 11) is -4.11. The van der Waals surface area contributed by atoms with Crippen LogP contribution >= 0.6 is 7.06 Å². The van der Waals surface area contributed by atoms with Crippen molar-refractivity contribution < 1.29 is 14.9 Å². The Morgan fingerprint density at radius 1 is 0.500 bits per heavy atom. The van der Waals surface area contributed by atoms with Gasteiger partial charge < -0.3 is 5.11 Å². The minimum absolute atomic E-state index is 0.312. The average molecular weight is 405 g/mol. The molecule has 0 fully saturated rings. The van der Waals surface area contributed by atoms with Crippen molar-refractivity contribution in [1.82, 2.24) is 0 Å². The molecular formula is C24H37O3P. The predicted octanol–water partition coefficient (Wildman–Crippen LogP) is 4.90. The molecule has 3 N–H and O–H groups in total. The van der Waals surface area contributed by atoms with Crippen LogP contribution in [0.3, 0.4) is 0 Å². The Bertz CT molecular complexity index is 615. The Balaban J connectivity index is 1.82. The van der Waals surface area contributed by atoms with Gasteiger partial charge in [0.2, 0.25) is 0 Å². The Kier molecular flexibility index (Phi) is 9.61. The number of hydrogen-bond acceptors (Lipinski definition) is 3. The molecule has 2 aromatic rings. The van der Waals surface area contributed by atoms with Gasteiger partial charge in [-0.3, -0.25) is 0 Å². The number of aliphatic hydroxyl groups excluding tert-OH is 1. The first-order valence-corrected chi connectivity index (χ1v) is 13.1.